The van der Waals surface area contributed by atoms with Gasteiger partial charge in [-0.3, -0.25) is 14.9 Å². The van der Waals surface area contributed by atoms with E-state index in [2.05, 4.69) is 0 Å². The number of nitro groups is 1. The standard InChI is InChI=1S/C12H14N2O5S/c1-13(11-4-5-20(18,19)8-11)12-3-2-10(14(16)17)6-9(12)7-15/h2-3,6-7,11H,4-5,8H2,1H3. The van der Waals surface area contributed by atoms with Gasteiger partial charge in [0.15, 0.2) is 16.1 Å². The molecule has 1 unspecified atom stereocenters. The van der Waals surface area contributed by atoms with E-state index in [9.17, 15) is 23.3 Å². The smallest absolute Gasteiger partial charge is 0.270 e. The average molecular weight is 298 g/mol. The number of non-ortho nitro benzene ring substituents is 1. The van der Waals surface area contributed by atoms with Gasteiger partial charge < -0.3 is 4.90 Å². The molecule has 1 aliphatic rings. The molecule has 1 aromatic carbocycles. The Hall–Kier alpha value is -1.96. The zero-order valence-electron chi connectivity index (χ0n) is 10.9. The quantitative estimate of drug-likeness (QED) is 0.468. The van der Waals surface area contributed by atoms with Gasteiger partial charge in [-0.05, 0) is 12.5 Å². The Labute approximate surface area is 116 Å². The summed E-state index contributed by atoms with van der Waals surface area (Å²) in [5.74, 6) is 0.171. The summed E-state index contributed by atoms with van der Waals surface area (Å²) in [4.78, 5) is 22.9. The molecule has 0 aliphatic carbocycles. The first-order valence-electron chi connectivity index (χ1n) is 6.01. The second-order valence-corrected chi connectivity index (χ2v) is 7.01. The van der Waals surface area contributed by atoms with E-state index >= 15 is 0 Å². The first-order chi connectivity index (χ1) is 9.34. The largest absolute Gasteiger partial charge is 0.370 e. The van der Waals surface area contributed by atoms with Crippen LogP contribution in [0.2, 0.25) is 0 Å². The van der Waals surface area contributed by atoms with E-state index in [0.29, 0.717) is 18.4 Å². The molecular weight excluding hydrogens is 284 g/mol. The van der Waals surface area contributed by atoms with Gasteiger partial charge in [0, 0.05) is 36.5 Å². The van der Waals surface area contributed by atoms with E-state index in [0.717, 1.165) is 0 Å². The molecule has 0 saturated carbocycles. The number of carbonyl (C=O) groups excluding carboxylic acids is 1. The highest BCUT2D eigenvalue weighted by Crippen LogP contribution is 2.28. The summed E-state index contributed by atoms with van der Waals surface area (Å²) >= 11 is 0. The number of nitro benzene ring substituents is 1. The fourth-order valence-electron chi connectivity index (χ4n) is 2.35. The second kappa shape index (κ2) is 5.20. The normalized spacial score (nSPS) is 20.6. The predicted molar refractivity (Wildman–Crippen MR) is 73.9 cm³/mol. The zero-order valence-corrected chi connectivity index (χ0v) is 11.7. The summed E-state index contributed by atoms with van der Waals surface area (Å²) in [7, 11) is -1.33. The molecule has 8 heteroatoms. The van der Waals surface area contributed by atoms with E-state index in [-0.39, 0.29) is 28.8 Å². The second-order valence-electron chi connectivity index (χ2n) is 4.79. The molecule has 1 fully saturated rings. The average Bonchev–Trinajstić information content (AvgIpc) is 2.77. The Morgan fingerprint density at radius 2 is 2.15 bits per heavy atom. The van der Waals surface area contributed by atoms with Crippen molar-refractivity contribution in [3.8, 4) is 0 Å². The lowest BCUT2D eigenvalue weighted by Crippen LogP contribution is -2.33. The third-order valence-electron chi connectivity index (χ3n) is 3.49. The molecule has 108 valence electrons. The molecule has 0 spiro atoms. The summed E-state index contributed by atoms with van der Waals surface area (Å²) in [6.45, 7) is 0. The van der Waals surface area contributed by atoms with Crippen molar-refractivity contribution < 1.29 is 18.1 Å². The highest BCUT2D eigenvalue weighted by molar-refractivity contribution is 7.91. The molecule has 0 aromatic heterocycles. The SMILES string of the molecule is CN(c1ccc([N+](=O)[O-])cc1C=O)C1CCS(=O)(=O)C1. The van der Waals surface area contributed by atoms with Crippen molar-refractivity contribution in [1.29, 1.82) is 0 Å². The Morgan fingerprint density at radius 1 is 1.45 bits per heavy atom. The number of hydrogen-bond donors (Lipinski definition) is 0. The summed E-state index contributed by atoms with van der Waals surface area (Å²) in [6.07, 6.45) is 1.04. The van der Waals surface area contributed by atoms with Crippen LogP contribution in [-0.2, 0) is 9.84 Å². The van der Waals surface area contributed by atoms with E-state index in [1.807, 2.05) is 0 Å². The monoisotopic (exact) mass is 298 g/mol. The van der Waals surface area contributed by atoms with Gasteiger partial charge in [-0.25, -0.2) is 8.42 Å². The van der Waals surface area contributed by atoms with Gasteiger partial charge in [0.05, 0.1) is 16.4 Å². The molecule has 0 bridgehead atoms. The number of carbonyl (C=O) groups is 1. The minimum Gasteiger partial charge on any atom is -0.370 e. The van der Waals surface area contributed by atoms with Crippen LogP contribution in [-0.4, -0.2) is 44.2 Å². The number of rotatable bonds is 4. The van der Waals surface area contributed by atoms with Crippen LogP contribution >= 0.6 is 0 Å². The van der Waals surface area contributed by atoms with Gasteiger partial charge in [0.2, 0.25) is 0 Å². The molecule has 7 nitrogen and oxygen atoms in total. The van der Waals surface area contributed by atoms with Crippen molar-refractivity contribution in [2.24, 2.45) is 0 Å². The van der Waals surface area contributed by atoms with Gasteiger partial charge in [-0.15, -0.1) is 0 Å². The Kier molecular flexibility index (Phi) is 3.76. The maximum Gasteiger partial charge on any atom is 0.270 e. The first kappa shape index (κ1) is 14.4. The number of hydrogen-bond acceptors (Lipinski definition) is 6. The van der Waals surface area contributed by atoms with Crippen LogP contribution in [0.5, 0.6) is 0 Å². The molecule has 0 N–H and O–H groups in total. The van der Waals surface area contributed by atoms with Crippen LogP contribution < -0.4 is 4.90 Å². The third-order valence-corrected chi connectivity index (χ3v) is 5.24. The maximum absolute atomic E-state index is 11.5. The lowest BCUT2D eigenvalue weighted by Gasteiger charge is -2.26. The molecule has 0 radical (unpaired) electrons. The number of sulfone groups is 1. The first-order valence-corrected chi connectivity index (χ1v) is 7.83. The highest BCUT2D eigenvalue weighted by atomic mass is 32.2. The number of anilines is 1. The number of nitrogens with zero attached hydrogens (tertiary/aromatic N) is 2. The molecule has 1 aliphatic heterocycles. The minimum absolute atomic E-state index is 0.0405. The number of benzene rings is 1. The summed E-state index contributed by atoms with van der Waals surface area (Å²) < 4.78 is 23.0. The van der Waals surface area contributed by atoms with Crippen LogP contribution in [0.4, 0.5) is 11.4 Å². The van der Waals surface area contributed by atoms with Crippen LogP contribution in [0, 0.1) is 10.1 Å². The van der Waals surface area contributed by atoms with Crippen molar-refractivity contribution in [2.75, 3.05) is 23.5 Å². The predicted octanol–water partition coefficient (Wildman–Crippen LogP) is 1.03. The molecule has 2 rings (SSSR count). The highest BCUT2D eigenvalue weighted by Gasteiger charge is 2.31. The van der Waals surface area contributed by atoms with Crippen LogP contribution in [0.15, 0.2) is 18.2 Å². The van der Waals surface area contributed by atoms with Gasteiger partial charge in [-0.1, -0.05) is 0 Å². The van der Waals surface area contributed by atoms with Gasteiger partial charge in [0.1, 0.15) is 0 Å². The fraction of sp³-hybridized carbons (Fsp3) is 0.417. The van der Waals surface area contributed by atoms with Gasteiger partial charge in [-0.2, -0.15) is 0 Å². The van der Waals surface area contributed by atoms with Crippen molar-refractivity contribution in [3.63, 3.8) is 0 Å². The van der Waals surface area contributed by atoms with Gasteiger partial charge >= 0.3 is 0 Å². The van der Waals surface area contributed by atoms with Crippen LogP contribution in [0.1, 0.15) is 16.8 Å². The topological polar surface area (TPSA) is 97.6 Å². The Bertz CT molecular complexity index is 656. The van der Waals surface area contributed by atoms with E-state index < -0.39 is 14.8 Å². The Balaban J connectivity index is 2.33. The van der Waals surface area contributed by atoms with E-state index in [1.165, 1.54) is 18.2 Å². The van der Waals surface area contributed by atoms with Crippen LogP contribution in [0.3, 0.4) is 0 Å². The summed E-state index contributed by atoms with van der Waals surface area (Å²) in [6, 6.07) is 3.78. The maximum atomic E-state index is 11.5. The van der Waals surface area contributed by atoms with Crippen molar-refractivity contribution in [3.05, 3.63) is 33.9 Å². The molecule has 1 atom stereocenters. The Morgan fingerprint density at radius 3 is 2.65 bits per heavy atom. The van der Waals surface area contributed by atoms with Crippen LogP contribution in [0.25, 0.3) is 0 Å². The van der Waals surface area contributed by atoms with E-state index in [4.69, 9.17) is 0 Å². The number of aldehydes is 1. The third kappa shape index (κ3) is 2.79. The summed E-state index contributed by atoms with van der Waals surface area (Å²) in [5, 5.41) is 10.7. The van der Waals surface area contributed by atoms with Gasteiger partial charge in [0.25, 0.3) is 5.69 Å². The van der Waals surface area contributed by atoms with Crippen molar-refractivity contribution in [2.45, 2.75) is 12.5 Å². The summed E-state index contributed by atoms with van der Waals surface area (Å²) in [5.41, 5.74) is 0.530. The lowest BCUT2D eigenvalue weighted by atomic mass is 10.1. The molecule has 1 saturated heterocycles. The molecule has 20 heavy (non-hydrogen) atoms. The van der Waals surface area contributed by atoms with Crippen molar-refractivity contribution in [1.82, 2.24) is 0 Å². The zero-order chi connectivity index (χ0) is 14.9. The fourth-order valence-corrected chi connectivity index (χ4v) is 4.12. The molecular formula is C12H14N2O5S. The lowest BCUT2D eigenvalue weighted by molar-refractivity contribution is -0.384. The molecule has 1 heterocycles. The molecule has 0 amide bonds. The van der Waals surface area contributed by atoms with E-state index in [1.54, 1.807) is 11.9 Å². The minimum atomic E-state index is -3.03. The van der Waals surface area contributed by atoms with Crippen molar-refractivity contribution >= 4 is 27.5 Å². The molecule has 1 aromatic rings.